The van der Waals surface area contributed by atoms with Gasteiger partial charge in [-0.25, -0.2) is 4.79 Å². The van der Waals surface area contributed by atoms with E-state index in [0.29, 0.717) is 12.8 Å². The highest BCUT2D eigenvalue weighted by Crippen LogP contribution is 2.11. The normalized spacial score (nSPS) is 13.6. The molecule has 0 heterocycles. The lowest BCUT2D eigenvalue weighted by atomic mass is 9.98. The lowest BCUT2D eigenvalue weighted by Gasteiger charge is -2.20. The minimum absolute atomic E-state index is 0.0742. The van der Waals surface area contributed by atoms with E-state index in [1.165, 1.54) is 0 Å². The topological polar surface area (TPSA) is 66.4 Å². The molecule has 20 heavy (non-hydrogen) atoms. The van der Waals surface area contributed by atoms with Crippen LogP contribution >= 0.6 is 0 Å². The molecular formula is C16H23NO3. The number of hydrogen-bond acceptors (Lipinski definition) is 2. The van der Waals surface area contributed by atoms with Crippen molar-refractivity contribution in [2.75, 3.05) is 0 Å². The Bertz CT molecular complexity index is 471. The fraction of sp³-hybridized carbons (Fsp3) is 0.500. The molecule has 0 aliphatic rings. The fourth-order valence-corrected chi connectivity index (χ4v) is 2.07. The molecule has 2 atom stereocenters. The van der Waals surface area contributed by atoms with E-state index in [1.54, 1.807) is 0 Å². The van der Waals surface area contributed by atoms with Gasteiger partial charge in [0.2, 0.25) is 5.91 Å². The maximum atomic E-state index is 11.9. The number of nitrogens with one attached hydrogen (secondary N) is 1. The lowest BCUT2D eigenvalue weighted by molar-refractivity contribution is -0.143. The van der Waals surface area contributed by atoms with Gasteiger partial charge in [-0.1, -0.05) is 44.5 Å². The second-order valence-electron chi connectivity index (χ2n) is 5.20. The number of aryl methyl sites for hydroxylation is 2. The molecule has 2 unspecified atom stereocenters. The molecule has 0 saturated heterocycles. The van der Waals surface area contributed by atoms with E-state index >= 15 is 0 Å². The lowest BCUT2D eigenvalue weighted by Crippen LogP contribution is -2.45. The van der Waals surface area contributed by atoms with Gasteiger partial charge < -0.3 is 10.4 Å². The summed E-state index contributed by atoms with van der Waals surface area (Å²) in [6.07, 6.45) is 1.66. The van der Waals surface area contributed by atoms with Crippen LogP contribution in [0.3, 0.4) is 0 Å². The van der Waals surface area contributed by atoms with Crippen LogP contribution in [-0.4, -0.2) is 23.0 Å². The van der Waals surface area contributed by atoms with Gasteiger partial charge in [-0.15, -0.1) is 0 Å². The van der Waals surface area contributed by atoms with Crippen molar-refractivity contribution >= 4 is 11.9 Å². The summed E-state index contributed by atoms with van der Waals surface area (Å²) in [6.45, 7) is 5.76. The number of amides is 1. The average molecular weight is 277 g/mol. The van der Waals surface area contributed by atoms with E-state index in [-0.39, 0.29) is 11.8 Å². The predicted octanol–water partition coefficient (Wildman–Crippen LogP) is 2.54. The van der Waals surface area contributed by atoms with Gasteiger partial charge >= 0.3 is 5.97 Å². The van der Waals surface area contributed by atoms with Crippen molar-refractivity contribution in [1.82, 2.24) is 5.32 Å². The third kappa shape index (κ3) is 4.68. The molecule has 0 aliphatic heterocycles. The number of rotatable bonds is 7. The number of carbonyl (C=O) groups excluding carboxylic acids is 1. The van der Waals surface area contributed by atoms with E-state index < -0.39 is 12.0 Å². The van der Waals surface area contributed by atoms with Crippen molar-refractivity contribution in [2.24, 2.45) is 5.92 Å². The first-order valence-electron chi connectivity index (χ1n) is 7.02. The molecule has 0 radical (unpaired) electrons. The number of hydrogen-bond donors (Lipinski definition) is 2. The molecule has 2 N–H and O–H groups in total. The molecule has 0 aliphatic carbocycles. The first-order chi connectivity index (χ1) is 9.45. The Morgan fingerprint density at radius 2 is 1.95 bits per heavy atom. The van der Waals surface area contributed by atoms with Gasteiger partial charge in [-0.05, 0) is 30.4 Å². The van der Waals surface area contributed by atoms with Crippen LogP contribution in [0.1, 0.15) is 37.8 Å². The molecule has 1 aromatic rings. The van der Waals surface area contributed by atoms with Crippen molar-refractivity contribution < 1.29 is 14.7 Å². The van der Waals surface area contributed by atoms with Crippen LogP contribution in [0.15, 0.2) is 24.3 Å². The van der Waals surface area contributed by atoms with E-state index in [4.69, 9.17) is 5.11 Å². The third-order valence-electron chi connectivity index (χ3n) is 3.68. The molecule has 1 rings (SSSR count). The van der Waals surface area contributed by atoms with Crippen LogP contribution in [0.2, 0.25) is 0 Å². The molecule has 0 bridgehead atoms. The third-order valence-corrected chi connectivity index (χ3v) is 3.68. The summed E-state index contributed by atoms with van der Waals surface area (Å²) in [5.41, 5.74) is 2.27. The quantitative estimate of drug-likeness (QED) is 0.805. The van der Waals surface area contributed by atoms with Gasteiger partial charge in [0.05, 0.1) is 0 Å². The molecule has 0 fully saturated rings. The zero-order valence-corrected chi connectivity index (χ0v) is 12.3. The summed E-state index contributed by atoms with van der Waals surface area (Å²) in [4.78, 5) is 23.0. The van der Waals surface area contributed by atoms with Crippen LogP contribution in [0.5, 0.6) is 0 Å². The van der Waals surface area contributed by atoms with Crippen molar-refractivity contribution in [2.45, 2.75) is 46.1 Å². The largest absolute Gasteiger partial charge is 0.480 e. The minimum Gasteiger partial charge on any atom is -0.480 e. The predicted molar refractivity (Wildman–Crippen MR) is 78.5 cm³/mol. The first kappa shape index (κ1) is 16.2. The summed E-state index contributed by atoms with van der Waals surface area (Å²) in [5, 5.41) is 11.8. The van der Waals surface area contributed by atoms with Gasteiger partial charge in [0.25, 0.3) is 0 Å². The standard InChI is InChI=1S/C16H23NO3/c1-4-11(2)15(16(19)20)17-14(18)10-9-13-8-6-5-7-12(13)3/h5-8,11,15H,4,9-10H2,1-3H3,(H,17,18)(H,19,20). The van der Waals surface area contributed by atoms with E-state index in [0.717, 1.165) is 17.5 Å². The Morgan fingerprint density at radius 3 is 2.50 bits per heavy atom. The summed E-state index contributed by atoms with van der Waals surface area (Å²) in [5.74, 6) is -1.25. The summed E-state index contributed by atoms with van der Waals surface area (Å²) in [6, 6.07) is 7.10. The molecule has 0 saturated carbocycles. The SMILES string of the molecule is CCC(C)C(NC(=O)CCc1ccccc1C)C(=O)O. The van der Waals surface area contributed by atoms with Gasteiger partial charge in [-0.3, -0.25) is 4.79 Å². The molecule has 0 spiro atoms. The monoisotopic (exact) mass is 277 g/mol. The highest BCUT2D eigenvalue weighted by atomic mass is 16.4. The maximum Gasteiger partial charge on any atom is 0.326 e. The molecule has 4 heteroatoms. The van der Waals surface area contributed by atoms with E-state index in [9.17, 15) is 9.59 Å². The smallest absolute Gasteiger partial charge is 0.326 e. The number of carboxylic acids is 1. The van der Waals surface area contributed by atoms with E-state index in [1.807, 2.05) is 45.0 Å². The summed E-state index contributed by atoms with van der Waals surface area (Å²) < 4.78 is 0. The molecule has 1 amide bonds. The number of aliphatic carboxylic acids is 1. The van der Waals surface area contributed by atoms with Gasteiger partial charge in [0.15, 0.2) is 0 Å². The van der Waals surface area contributed by atoms with Gasteiger partial charge in [-0.2, -0.15) is 0 Å². The van der Waals surface area contributed by atoms with Crippen LogP contribution in [-0.2, 0) is 16.0 Å². The van der Waals surface area contributed by atoms with Crippen LogP contribution in [0.25, 0.3) is 0 Å². The Hall–Kier alpha value is -1.84. The average Bonchev–Trinajstić information content (AvgIpc) is 2.42. The Labute approximate surface area is 120 Å². The summed E-state index contributed by atoms with van der Waals surface area (Å²) >= 11 is 0. The molecule has 4 nitrogen and oxygen atoms in total. The molecule has 0 aromatic heterocycles. The minimum atomic E-state index is -0.969. The number of benzene rings is 1. The van der Waals surface area contributed by atoms with Gasteiger partial charge in [0, 0.05) is 6.42 Å². The zero-order valence-electron chi connectivity index (χ0n) is 12.3. The van der Waals surface area contributed by atoms with Crippen LogP contribution in [0.4, 0.5) is 0 Å². The second kappa shape index (κ2) is 7.68. The van der Waals surface area contributed by atoms with Gasteiger partial charge in [0.1, 0.15) is 6.04 Å². The summed E-state index contributed by atoms with van der Waals surface area (Å²) in [7, 11) is 0. The molecule has 1 aromatic carbocycles. The van der Waals surface area contributed by atoms with Crippen LogP contribution < -0.4 is 5.32 Å². The van der Waals surface area contributed by atoms with Crippen molar-refractivity contribution in [3.63, 3.8) is 0 Å². The molecular weight excluding hydrogens is 254 g/mol. The highest BCUT2D eigenvalue weighted by Gasteiger charge is 2.24. The Kier molecular flexibility index (Phi) is 6.22. The van der Waals surface area contributed by atoms with Crippen molar-refractivity contribution in [3.05, 3.63) is 35.4 Å². The maximum absolute atomic E-state index is 11.9. The van der Waals surface area contributed by atoms with E-state index in [2.05, 4.69) is 5.32 Å². The fourth-order valence-electron chi connectivity index (χ4n) is 2.07. The molecule has 110 valence electrons. The highest BCUT2D eigenvalue weighted by molar-refractivity contribution is 5.83. The Balaban J connectivity index is 2.55. The second-order valence-corrected chi connectivity index (χ2v) is 5.20. The van der Waals surface area contributed by atoms with Crippen molar-refractivity contribution in [3.8, 4) is 0 Å². The van der Waals surface area contributed by atoms with Crippen molar-refractivity contribution in [1.29, 1.82) is 0 Å². The van der Waals surface area contributed by atoms with Crippen LogP contribution in [0, 0.1) is 12.8 Å². The Morgan fingerprint density at radius 1 is 1.30 bits per heavy atom. The first-order valence-corrected chi connectivity index (χ1v) is 7.02. The zero-order chi connectivity index (χ0) is 15.1. The number of carbonyl (C=O) groups is 2. The number of carboxylic acid groups (broad SMARTS) is 1.